The molecule has 1 saturated heterocycles. The second kappa shape index (κ2) is 12.9. The van der Waals surface area contributed by atoms with E-state index in [0.29, 0.717) is 25.4 Å². The van der Waals surface area contributed by atoms with Crippen molar-refractivity contribution < 1.29 is 9.53 Å². The molecule has 0 radical (unpaired) electrons. The maximum atomic E-state index is 13.1. The third-order valence-corrected chi connectivity index (χ3v) is 6.60. The summed E-state index contributed by atoms with van der Waals surface area (Å²) in [5.41, 5.74) is 3.33. The highest BCUT2D eigenvalue weighted by atomic mass is 16.5. The fourth-order valence-corrected chi connectivity index (χ4v) is 4.34. The Kier molecular flexibility index (Phi) is 9.12. The number of likely N-dealkylation sites (N-methyl/N-ethyl adjacent to an activating group) is 1. The lowest BCUT2D eigenvalue weighted by molar-refractivity contribution is -0.128. The van der Waals surface area contributed by atoms with Gasteiger partial charge in [-0.1, -0.05) is 44.4 Å². The van der Waals surface area contributed by atoms with Gasteiger partial charge in [0.2, 0.25) is 0 Å². The molecule has 1 aliphatic heterocycles. The molecular weight excluding hydrogens is 462 g/mol. The number of nitriles is 1. The summed E-state index contributed by atoms with van der Waals surface area (Å²) >= 11 is 0. The highest BCUT2D eigenvalue weighted by molar-refractivity contribution is 6.02. The lowest BCUT2D eigenvalue weighted by Crippen LogP contribution is -2.47. The third kappa shape index (κ3) is 6.87. The zero-order valence-electron chi connectivity index (χ0n) is 21.8. The number of carbonyl (C=O) groups is 1. The van der Waals surface area contributed by atoms with Crippen LogP contribution in [0.3, 0.4) is 0 Å². The van der Waals surface area contributed by atoms with Crippen LogP contribution < -0.4 is 4.74 Å². The minimum atomic E-state index is -0.235. The van der Waals surface area contributed by atoms with E-state index in [1.807, 2.05) is 67.8 Å². The van der Waals surface area contributed by atoms with E-state index < -0.39 is 0 Å². The number of hydrogen-bond acceptors (Lipinski definition) is 5. The second-order valence-corrected chi connectivity index (χ2v) is 9.41. The number of piperazine rings is 1. The molecule has 1 aromatic heterocycles. The molecule has 0 aliphatic carbocycles. The Balaban J connectivity index is 1.61. The van der Waals surface area contributed by atoms with Crippen LogP contribution in [0.4, 0.5) is 0 Å². The largest absolute Gasteiger partial charge is 0.494 e. The van der Waals surface area contributed by atoms with Crippen molar-refractivity contribution in [1.82, 2.24) is 19.6 Å². The van der Waals surface area contributed by atoms with Gasteiger partial charge in [-0.2, -0.15) is 10.4 Å². The van der Waals surface area contributed by atoms with E-state index in [9.17, 15) is 10.1 Å². The smallest absolute Gasteiger partial charge is 0.264 e. The summed E-state index contributed by atoms with van der Waals surface area (Å²) in [4.78, 5) is 17.1. The number of amides is 1. The monoisotopic (exact) mass is 497 g/mol. The summed E-state index contributed by atoms with van der Waals surface area (Å²) in [7, 11) is 2.04. The molecule has 2 heterocycles. The molecule has 0 unspecified atom stereocenters. The molecule has 0 atom stereocenters. The van der Waals surface area contributed by atoms with Gasteiger partial charge >= 0.3 is 0 Å². The van der Waals surface area contributed by atoms with Gasteiger partial charge in [-0.05, 0) is 55.9 Å². The predicted octanol–water partition coefficient (Wildman–Crippen LogP) is 5.18. The number of para-hydroxylation sites is 1. The number of aromatic nitrogens is 2. The standard InChI is InChI=1S/C30H35N5O2/c1-3-4-5-9-20-37-28-14-12-24(13-15-28)29-26(23-35(32-29)27-10-7-6-8-11-27)21-25(22-31)30(36)34-18-16-33(2)17-19-34/h6-8,10-15,21,23H,3-5,9,16-20H2,1-2H3. The maximum absolute atomic E-state index is 13.1. The lowest BCUT2D eigenvalue weighted by atomic mass is 10.1. The van der Waals surface area contributed by atoms with Gasteiger partial charge in [-0.15, -0.1) is 0 Å². The van der Waals surface area contributed by atoms with Gasteiger partial charge in [-0.25, -0.2) is 4.68 Å². The molecular formula is C30H35N5O2. The van der Waals surface area contributed by atoms with Crippen LogP contribution in [0.5, 0.6) is 5.75 Å². The lowest BCUT2D eigenvalue weighted by Gasteiger charge is -2.32. The zero-order valence-corrected chi connectivity index (χ0v) is 21.8. The van der Waals surface area contributed by atoms with Gasteiger partial charge in [0.15, 0.2) is 0 Å². The highest BCUT2D eigenvalue weighted by Gasteiger charge is 2.23. The van der Waals surface area contributed by atoms with E-state index in [4.69, 9.17) is 9.84 Å². The summed E-state index contributed by atoms with van der Waals surface area (Å²) in [6.07, 6.45) is 8.19. The van der Waals surface area contributed by atoms with Crippen molar-refractivity contribution in [2.24, 2.45) is 0 Å². The zero-order chi connectivity index (χ0) is 26.0. The Morgan fingerprint density at radius 2 is 1.76 bits per heavy atom. The molecule has 37 heavy (non-hydrogen) atoms. The van der Waals surface area contributed by atoms with Crippen molar-refractivity contribution in [3.63, 3.8) is 0 Å². The summed E-state index contributed by atoms with van der Waals surface area (Å²) in [6.45, 7) is 5.73. The van der Waals surface area contributed by atoms with Crippen LogP contribution in [0.1, 0.15) is 38.2 Å². The SMILES string of the molecule is CCCCCCOc1ccc(-c2nn(-c3ccccc3)cc2C=C(C#N)C(=O)N2CCN(C)CC2)cc1. The minimum Gasteiger partial charge on any atom is -0.494 e. The Morgan fingerprint density at radius 1 is 1.03 bits per heavy atom. The van der Waals surface area contributed by atoms with E-state index in [1.54, 1.807) is 15.7 Å². The Bertz CT molecular complexity index is 1230. The summed E-state index contributed by atoms with van der Waals surface area (Å²) < 4.78 is 7.69. The number of unbranched alkanes of at least 4 members (excludes halogenated alkanes) is 3. The number of nitrogens with zero attached hydrogens (tertiary/aromatic N) is 5. The summed E-state index contributed by atoms with van der Waals surface area (Å²) in [6, 6.07) is 19.8. The van der Waals surface area contributed by atoms with Crippen molar-refractivity contribution >= 4 is 12.0 Å². The van der Waals surface area contributed by atoms with Crippen molar-refractivity contribution in [1.29, 1.82) is 5.26 Å². The molecule has 3 aromatic rings. The van der Waals surface area contributed by atoms with E-state index in [2.05, 4.69) is 17.9 Å². The van der Waals surface area contributed by atoms with Crippen molar-refractivity contribution in [2.45, 2.75) is 32.6 Å². The first-order chi connectivity index (χ1) is 18.1. The Morgan fingerprint density at radius 3 is 2.43 bits per heavy atom. The topological polar surface area (TPSA) is 74.4 Å². The molecule has 0 spiro atoms. The first kappa shape index (κ1) is 26.2. The summed E-state index contributed by atoms with van der Waals surface area (Å²) in [5.74, 6) is 0.587. The van der Waals surface area contributed by atoms with Crippen molar-refractivity contribution in [2.75, 3.05) is 39.8 Å². The van der Waals surface area contributed by atoms with Crippen LogP contribution >= 0.6 is 0 Å². The molecule has 2 aromatic carbocycles. The van der Waals surface area contributed by atoms with Gasteiger partial charge < -0.3 is 14.5 Å². The first-order valence-electron chi connectivity index (χ1n) is 13.1. The van der Waals surface area contributed by atoms with Crippen LogP contribution in [0.15, 0.2) is 66.4 Å². The molecule has 0 saturated carbocycles. The van der Waals surface area contributed by atoms with Crippen LogP contribution in [0.2, 0.25) is 0 Å². The normalized spacial score (nSPS) is 14.4. The molecule has 1 amide bonds. The van der Waals surface area contributed by atoms with Crippen molar-refractivity contribution in [3.05, 3.63) is 71.9 Å². The van der Waals surface area contributed by atoms with Gasteiger partial charge in [0, 0.05) is 43.5 Å². The van der Waals surface area contributed by atoms with Crippen LogP contribution in [-0.4, -0.2) is 65.3 Å². The third-order valence-electron chi connectivity index (χ3n) is 6.60. The number of ether oxygens (including phenoxy) is 1. The summed E-state index contributed by atoms with van der Waals surface area (Å²) in [5, 5.41) is 14.7. The molecule has 4 rings (SSSR count). The molecule has 7 nitrogen and oxygen atoms in total. The Hall–Kier alpha value is -3.89. The molecule has 7 heteroatoms. The van der Waals surface area contributed by atoms with Crippen LogP contribution in [0.25, 0.3) is 23.0 Å². The van der Waals surface area contributed by atoms with E-state index in [0.717, 1.165) is 42.1 Å². The van der Waals surface area contributed by atoms with Crippen LogP contribution in [-0.2, 0) is 4.79 Å². The van der Waals surface area contributed by atoms with Crippen molar-refractivity contribution in [3.8, 4) is 28.8 Å². The number of benzene rings is 2. The fraction of sp³-hybridized carbons (Fsp3) is 0.367. The molecule has 192 valence electrons. The fourth-order valence-electron chi connectivity index (χ4n) is 4.34. The molecule has 0 N–H and O–H groups in total. The molecule has 0 bridgehead atoms. The Labute approximate surface area is 219 Å². The minimum absolute atomic E-state index is 0.116. The van der Waals surface area contributed by atoms with Gasteiger partial charge in [0.25, 0.3) is 5.91 Å². The molecule has 1 fully saturated rings. The molecule has 1 aliphatic rings. The van der Waals surface area contributed by atoms with E-state index in [-0.39, 0.29) is 11.5 Å². The average Bonchev–Trinajstić information content (AvgIpc) is 3.36. The van der Waals surface area contributed by atoms with Gasteiger partial charge in [-0.3, -0.25) is 4.79 Å². The average molecular weight is 498 g/mol. The van der Waals surface area contributed by atoms with E-state index in [1.165, 1.54) is 19.3 Å². The predicted molar refractivity (Wildman–Crippen MR) is 146 cm³/mol. The van der Waals surface area contributed by atoms with Gasteiger partial charge in [0.1, 0.15) is 17.4 Å². The van der Waals surface area contributed by atoms with Crippen LogP contribution in [0, 0.1) is 11.3 Å². The number of hydrogen-bond donors (Lipinski definition) is 0. The number of rotatable bonds is 10. The first-order valence-corrected chi connectivity index (χ1v) is 13.1. The van der Waals surface area contributed by atoms with E-state index >= 15 is 0 Å². The second-order valence-electron chi connectivity index (χ2n) is 9.41. The van der Waals surface area contributed by atoms with Gasteiger partial charge in [0.05, 0.1) is 18.0 Å². The quantitative estimate of drug-likeness (QED) is 0.219. The number of carbonyl (C=O) groups excluding carboxylic acids is 1. The highest BCUT2D eigenvalue weighted by Crippen LogP contribution is 2.28. The maximum Gasteiger partial charge on any atom is 0.264 e.